The fourth-order valence-electron chi connectivity index (χ4n) is 1.82. The minimum atomic E-state index is -0.931. The van der Waals surface area contributed by atoms with Crippen LogP contribution >= 0.6 is 0 Å². The van der Waals surface area contributed by atoms with Crippen molar-refractivity contribution in [1.29, 1.82) is 0 Å². The molecule has 0 heterocycles. The molecule has 0 radical (unpaired) electrons. The number of rotatable bonds is 6. The zero-order valence-corrected chi connectivity index (χ0v) is 12.0. The SMILES string of the molecule is CC(OC(=O)COc1ccccc1F)C(=O)c1ccccc1. The van der Waals surface area contributed by atoms with Gasteiger partial charge in [0.05, 0.1) is 0 Å². The van der Waals surface area contributed by atoms with Crippen LogP contribution in [0.1, 0.15) is 17.3 Å². The summed E-state index contributed by atoms with van der Waals surface area (Å²) >= 11 is 0. The van der Waals surface area contributed by atoms with Crippen molar-refractivity contribution >= 4 is 11.8 Å². The Hall–Kier alpha value is -2.69. The van der Waals surface area contributed by atoms with Crippen LogP contribution in [0.15, 0.2) is 54.6 Å². The maximum atomic E-state index is 13.3. The van der Waals surface area contributed by atoms with Crippen molar-refractivity contribution in [3.8, 4) is 5.75 Å². The van der Waals surface area contributed by atoms with E-state index in [0.717, 1.165) is 0 Å². The van der Waals surface area contributed by atoms with E-state index in [1.807, 2.05) is 0 Å². The molecule has 114 valence electrons. The number of Topliss-reactive ketones (excluding diaryl/α,β-unsaturated/α-hetero) is 1. The Morgan fingerprint density at radius 3 is 2.36 bits per heavy atom. The molecule has 4 nitrogen and oxygen atoms in total. The molecule has 0 fully saturated rings. The van der Waals surface area contributed by atoms with Gasteiger partial charge in [-0.3, -0.25) is 4.79 Å². The molecule has 1 atom stereocenters. The van der Waals surface area contributed by atoms with Crippen molar-refractivity contribution in [3.05, 3.63) is 66.0 Å². The molecule has 0 aliphatic rings. The second-order valence-corrected chi connectivity index (χ2v) is 4.58. The van der Waals surface area contributed by atoms with Gasteiger partial charge < -0.3 is 9.47 Å². The van der Waals surface area contributed by atoms with E-state index >= 15 is 0 Å². The number of esters is 1. The maximum absolute atomic E-state index is 13.3. The second kappa shape index (κ2) is 7.36. The molecular formula is C17H15FO4. The largest absolute Gasteiger partial charge is 0.479 e. The van der Waals surface area contributed by atoms with Gasteiger partial charge in [-0.15, -0.1) is 0 Å². The monoisotopic (exact) mass is 302 g/mol. The number of benzene rings is 2. The Kier molecular flexibility index (Phi) is 5.25. The fourth-order valence-corrected chi connectivity index (χ4v) is 1.82. The third-order valence-electron chi connectivity index (χ3n) is 2.92. The van der Waals surface area contributed by atoms with Crippen LogP contribution in [0.3, 0.4) is 0 Å². The molecule has 22 heavy (non-hydrogen) atoms. The summed E-state index contributed by atoms with van der Waals surface area (Å²) in [5, 5.41) is 0. The van der Waals surface area contributed by atoms with Crippen LogP contribution in [0.5, 0.6) is 5.75 Å². The molecule has 0 aliphatic carbocycles. The van der Waals surface area contributed by atoms with E-state index in [1.54, 1.807) is 36.4 Å². The molecule has 2 rings (SSSR count). The predicted molar refractivity (Wildman–Crippen MR) is 78.2 cm³/mol. The lowest BCUT2D eigenvalue weighted by Crippen LogP contribution is -2.27. The highest BCUT2D eigenvalue weighted by Gasteiger charge is 2.19. The van der Waals surface area contributed by atoms with E-state index in [1.165, 1.54) is 25.1 Å². The summed E-state index contributed by atoms with van der Waals surface area (Å²) < 4.78 is 23.3. The summed E-state index contributed by atoms with van der Waals surface area (Å²) in [4.78, 5) is 23.7. The van der Waals surface area contributed by atoms with Crippen LogP contribution in [0.4, 0.5) is 4.39 Å². The Labute approximate surface area is 127 Å². The number of carbonyl (C=O) groups excluding carboxylic acids is 2. The molecule has 1 unspecified atom stereocenters. The third-order valence-corrected chi connectivity index (χ3v) is 2.92. The number of hydrogen-bond acceptors (Lipinski definition) is 4. The van der Waals surface area contributed by atoms with E-state index in [4.69, 9.17) is 9.47 Å². The van der Waals surface area contributed by atoms with E-state index in [0.29, 0.717) is 5.56 Å². The smallest absolute Gasteiger partial charge is 0.344 e. The molecule has 5 heteroatoms. The first-order chi connectivity index (χ1) is 10.6. The summed E-state index contributed by atoms with van der Waals surface area (Å²) in [6.45, 7) is 1.02. The maximum Gasteiger partial charge on any atom is 0.344 e. The summed E-state index contributed by atoms with van der Waals surface area (Å²) in [5.74, 6) is -1.65. The number of ether oxygens (including phenoxy) is 2. The van der Waals surface area contributed by atoms with Gasteiger partial charge >= 0.3 is 5.97 Å². The highest BCUT2D eigenvalue weighted by atomic mass is 19.1. The summed E-state index contributed by atoms with van der Waals surface area (Å²) in [5.41, 5.74) is 0.456. The average molecular weight is 302 g/mol. The summed E-state index contributed by atoms with van der Waals surface area (Å²) in [6.07, 6.45) is -0.931. The van der Waals surface area contributed by atoms with Gasteiger partial charge in [-0.25, -0.2) is 9.18 Å². The molecule has 0 amide bonds. The Bertz CT molecular complexity index is 655. The number of carbonyl (C=O) groups is 2. The molecular weight excluding hydrogens is 287 g/mol. The number of ketones is 1. The van der Waals surface area contributed by atoms with Crippen molar-refractivity contribution in [1.82, 2.24) is 0 Å². The standard InChI is InChI=1S/C17H15FO4/c1-12(17(20)13-7-3-2-4-8-13)22-16(19)11-21-15-10-6-5-9-14(15)18/h2-10,12H,11H2,1H3. The average Bonchev–Trinajstić information content (AvgIpc) is 2.54. The van der Waals surface area contributed by atoms with E-state index in [2.05, 4.69) is 0 Å². The number of halogens is 1. The van der Waals surface area contributed by atoms with Gasteiger partial charge in [-0.2, -0.15) is 0 Å². The molecule has 0 aromatic heterocycles. The highest BCUT2D eigenvalue weighted by molar-refractivity contribution is 6.00. The molecule has 0 saturated carbocycles. The highest BCUT2D eigenvalue weighted by Crippen LogP contribution is 2.15. The van der Waals surface area contributed by atoms with Gasteiger partial charge in [0.15, 0.2) is 24.3 Å². The molecule has 0 N–H and O–H groups in total. The lowest BCUT2D eigenvalue weighted by Gasteiger charge is -2.13. The second-order valence-electron chi connectivity index (χ2n) is 4.58. The van der Waals surface area contributed by atoms with Crippen molar-refractivity contribution in [2.75, 3.05) is 6.61 Å². The fraction of sp³-hybridized carbons (Fsp3) is 0.176. The Morgan fingerprint density at radius 1 is 1.05 bits per heavy atom. The first-order valence-corrected chi connectivity index (χ1v) is 6.74. The quantitative estimate of drug-likeness (QED) is 0.608. The topological polar surface area (TPSA) is 52.6 Å². The van der Waals surface area contributed by atoms with Gasteiger partial charge in [0.2, 0.25) is 5.78 Å². The van der Waals surface area contributed by atoms with Crippen molar-refractivity contribution in [3.63, 3.8) is 0 Å². The lowest BCUT2D eigenvalue weighted by molar-refractivity contribution is -0.148. The van der Waals surface area contributed by atoms with Crippen molar-refractivity contribution < 1.29 is 23.5 Å². The van der Waals surface area contributed by atoms with Gasteiger partial charge in [0.1, 0.15) is 0 Å². The first kappa shape index (κ1) is 15.7. The van der Waals surface area contributed by atoms with E-state index in [9.17, 15) is 14.0 Å². The zero-order valence-electron chi connectivity index (χ0n) is 12.0. The van der Waals surface area contributed by atoms with Gasteiger partial charge in [0.25, 0.3) is 0 Å². The molecule has 0 spiro atoms. The minimum absolute atomic E-state index is 0.0403. The normalized spacial score (nSPS) is 11.5. The Balaban J connectivity index is 1.87. The summed E-state index contributed by atoms with van der Waals surface area (Å²) in [7, 11) is 0. The van der Waals surface area contributed by atoms with Crippen molar-refractivity contribution in [2.45, 2.75) is 13.0 Å². The first-order valence-electron chi connectivity index (χ1n) is 6.74. The Morgan fingerprint density at radius 2 is 1.68 bits per heavy atom. The van der Waals surface area contributed by atoms with E-state index in [-0.39, 0.29) is 11.5 Å². The van der Waals surface area contributed by atoms with Gasteiger partial charge in [-0.1, -0.05) is 42.5 Å². The van der Waals surface area contributed by atoms with Crippen LogP contribution in [0.25, 0.3) is 0 Å². The number of hydrogen-bond donors (Lipinski definition) is 0. The molecule has 2 aromatic carbocycles. The van der Waals surface area contributed by atoms with Crippen LogP contribution in [-0.4, -0.2) is 24.5 Å². The van der Waals surface area contributed by atoms with Crippen LogP contribution < -0.4 is 4.74 Å². The van der Waals surface area contributed by atoms with Gasteiger partial charge in [-0.05, 0) is 19.1 Å². The molecule has 2 aromatic rings. The van der Waals surface area contributed by atoms with Crippen molar-refractivity contribution in [2.24, 2.45) is 0 Å². The van der Waals surface area contributed by atoms with Crippen LogP contribution in [0, 0.1) is 5.82 Å². The zero-order chi connectivity index (χ0) is 15.9. The lowest BCUT2D eigenvalue weighted by atomic mass is 10.1. The molecule has 0 aliphatic heterocycles. The minimum Gasteiger partial charge on any atom is -0.479 e. The number of para-hydroxylation sites is 1. The van der Waals surface area contributed by atoms with Crippen LogP contribution in [-0.2, 0) is 9.53 Å². The predicted octanol–water partition coefficient (Wildman–Crippen LogP) is 3.02. The third kappa shape index (κ3) is 4.15. The van der Waals surface area contributed by atoms with E-state index < -0.39 is 24.5 Å². The van der Waals surface area contributed by atoms with Gasteiger partial charge in [0, 0.05) is 5.56 Å². The summed E-state index contributed by atoms with van der Waals surface area (Å²) in [6, 6.07) is 14.3. The molecule has 0 saturated heterocycles. The molecule has 0 bridgehead atoms. The van der Waals surface area contributed by atoms with Crippen LogP contribution in [0.2, 0.25) is 0 Å².